The molecule has 3 aromatic heterocycles. The van der Waals surface area contributed by atoms with E-state index >= 15 is 0 Å². The molecule has 6 N–H and O–H groups in total. The van der Waals surface area contributed by atoms with Crippen LogP contribution in [-0.4, -0.2) is 52.3 Å². The number of amides is 1. The fraction of sp³-hybridized carbons (Fsp3) is 0.0667. The van der Waals surface area contributed by atoms with Crippen molar-refractivity contribution in [1.82, 2.24) is 40.5 Å². The second-order valence-corrected chi connectivity index (χ2v) is 10.6. The van der Waals surface area contributed by atoms with Crippen LogP contribution in [0.5, 0.6) is 5.88 Å². The normalized spacial score (nSPS) is 12.0. The molecular formula is C30H23Cl2N9O4. The number of nitrogens with zero attached hydrogens (tertiary/aromatic N) is 5. The van der Waals surface area contributed by atoms with Gasteiger partial charge < -0.3 is 25.9 Å². The van der Waals surface area contributed by atoms with E-state index < -0.39 is 18.1 Å². The van der Waals surface area contributed by atoms with Gasteiger partial charge in [-0.3, -0.25) is 9.89 Å². The average molecular weight is 644 g/mol. The maximum Gasteiger partial charge on any atom is 0.512 e. The molecule has 0 bridgehead atoms. The number of carbonyl (C=O) groups is 2. The van der Waals surface area contributed by atoms with Gasteiger partial charge >= 0.3 is 6.16 Å². The predicted molar refractivity (Wildman–Crippen MR) is 168 cm³/mol. The minimum Gasteiger partial charge on any atom is -0.449 e. The quantitative estimate of drug-likeness (QED) is 0.0986. The van der Waals surface area contributed by atoms with Gasteiger partial charge in [0.05, 0.1) is 23.4 Å². The zero-order chi connectivity index (χ0) is 31.5. The first-order valence-electron chi connectivity index (χ1n) is 13.4. The molecule has 0 saturated carbocycles. The van der Waals surface area contributed by atoms with Gasteiger partial charge in [-0.2, -0.15) is 5.10 Å². The minimum atomic E-state index is -1.52. The third kappa shape index (κ3) is 6.64. The van der Waals surface area contributed by atoms with Crippen molar-refractivity contribution >= 4 is 58.1 Å². The van der Waals surface area contributed by atoms with E-state index in [0.29, 0.717) is 45.2 Å². The molecule has 3 aromatic carbocycles. The number of nitrogens with one attached hydrogen (secondary N) is 3. The van der Waals surface area contributed by atoms with Gasteiger partial charge in [0.1, 0.15) is 16.7 Å². The molecule has 1 amide bonds. The maximum atomic E-state index is 13.3. The van der Waals surface area contributed by atoms with E-state index in [1.165, 1.54) is 17.0 Å². The number of aromatic nitrogens is 7. The SMILES string of the molecule is Nc1n[nH]c2cc(-c3nc([C@H](Cc4ccccc4)NC(=O)/C=C/c4cc(Cl)ccc4-n4cc(OC(=O)O)nn4)[nH]c3Cl)ccc12. The summed E-state index contributed by atoms with van der Waals surface area (Å²) in [4.78, 5) is 32.1. The standard InChI is InChI=1S/C30H23Cl2N9O4/c31-19-8-10-23(41-15-25(38-40-41)45-30(43)44)17(13-19)7-11-24(42)34-22(12-16-4-2-1-3-5-16)29-35-26(27(32)36-29)18-6-9-20-21(14-18)37-39-28(20)33/h1-11,13-15,22H,12H2,(H,34,42)(H,35,36)(H,43,44)(H3,33,37,39)/b11-7+/t22-/m0/s1. The molecule has 0 fully saturated rings. The first kappa shape index (κ1) is 29.4. The lowest BCUT2D eigenvalue weighted by molar-refractivity contribution is -0.117. The van der Waals surface area contributed by atoms with Crippen LogP contribution in [0, 0.1) is 0 Å². The van der Waals surface area contributed by atoms with E-state index in [1.807, 2.05) is 48.5 Å². The highest BCUT2D eigenvalue weighted by molar-refractivity contribution is 6.32. The summed E-state index contributed by atoms with van der Waals surface area (Å²) in [5, 5.41) is 27.9. The lowest BCUT2D eigenvalue weighted by Gasteiger charge is -2.16. The molecule has 13 nitrogen and oxygen atoms in total. The van der Waals surface area contributed by atoms with Gasteiger partial charge in [-0.05, 0) is 48.4 Å². The number of benzene rings is 3. The molecule has 0 saturated heterocycles. The Morgan fingerprint density at radius 1 is 1.11 bits per heavy atom. The van der Waals surface area contributed by atoms with Gasteiger partial charge in [0, 0.05) is 27.6 Å². The number of hydrogen-bond donors (Lipinski definition) is 5. The number of fused-ring (bicyclic) bond motifs is 1. The number of H-pyrrole nitrogens is 2. The summed E-state index contributed by atoms with van der Waals surface area (Å²) in [5.41, 5.74) is 9.86. The van der Waals surface area contributed by atoms with E-state index in [0.717, 1.165) is 22.0 Å². The topological polar surface area (TPSA) is 190 Å². The van der Waals surface area contributed by atoms with Gasteiger partial charge in [0.25, 0.3) is 5.88 Å². The summed E-state index contributed by atoms with van der Waals surface area (Å²) in [6.07, 6.45) is 3.10. The van der Waals surface area contributed by atoms with Crippen molar-refractivity contribution in [3.63, 3.8) is 0 Å². The maximum absolute atomic E-state index is 13.3. The van der Waals surface area contributed by atoms with Crippen LogP contribution in [-0.2, 0) is 11.2 Å². The molecule has 1 atom stereocenters. The first-order chi connectivity index (χ1) is 21.7. The smallest absolute Gasteiger partial charge is 0.449 e. The van der Waals surface area contributed by atoms with E-state index in [1.54, 1.807) is 24.3 Å². The number of carboxylic acid groups (broad SMARTS) is 1. The molecular weight excluding hydrogens is 621 g/mol. The van der Waals surface area contributed by atoms with Crippen molar-refractivity contribution in [2.45, 2.75) is 12.5 Å². The molecule has 0 aliphatic heterocycles. The molecule has 226 valence electrons. The first-order valence-corrected chi connectivity index (χ1v) is 14.1. The predicted octanol–water partition coefficient (Wildman–Crippen LogP) is 5.59. The van der Waals surface area contributed by atoms with Crippen molar-refractivity contribution in [2.75, 3.05) is 5.73 Å². The van der Waals surface area contributed by atoms with Crippen molar-refractivity contribution in [3.8, 4) is 22.8 Å². The molecule has 15 heteroatoms. The van der Waals surface area contributed by atoms with Crippen LogP contribution in [0.3, 0.4) is 0 Å². The van der Waals surface area contributed by atoms with E-state index in [2.05, 4.69) is 35.5 Å². The Bertz CT molecular complexity index is 2050. The fourth-order valence-electron chi connectivity index (χ4n) is 4.73. The second-order valence-electron chi connectivity index (χ2n) is 9.81. The molecule has 0 aliphatic rings. The number of aromatic amines is 2. The zero-order valence-corrected chi connectivity index (χ0v) is 24.6. The molecule has 6 aromatic rings. The van der Waals surface area contributed by atoms with Crippen LogP contribution in [0.15, 0.2) is 79.0 Å². The number of hydrogen-bond acceptors (Lipinski definition) is 8. The molecule has 45 heavy (non-hydrogen) atoms. The van der Waals surface area contributed by atoms with Gasteiger partial charge in [0.2, 0.25) is 5.91 Å². The highest BCUT2D eigenvalue weighted by atomic mass is 35.5. The zero-order valence-electron chi connectivity index (χ0n) is 23.1. The summed E-state index contributed by atoms with van der Waals surface area (Å²) >= 11 is 12.8. The molecule has 0 aliphatic carbocycles. The number of nitrogen functional groups attached to an aromatic ring is 1. The number of ether oxygens (including phenoxy) is 1. The van der Waals surface area contributed by atoms with Crippen molar-refractivity contribution < 1.29 is 19.4 Å². The van der Waals surface area contributed by atoms with Crippen LogP contribution in [0.4, 0.5) is 10.6 Å². The molecule has 0 spiro atoms. The summed E-state index contributed by atoms with van der Waals surface area (Å²) in [5.74, 6) is 0.229. The second kappa shape index (κ2) is 12.5. The van der Waals surface area contributed by atoms with Gasteiger partial charge in [-0.25, -0.2) is 14.5 Å². The Hall–Kier alpha value is -5.66. The molecule has 0 radical (unpaired) electrons. The largest absolute Gasteiger partial charge is 0.512 e. The summed E-state index contributed by atoms with van der Waals surface area (Å²) < 4.78 is 5.87. The molecule has 3 heterocycles. The Balaban J connectivity index is 1.27. The van der Waals surface area contributed by atoms with Crippen LogP contribution in [0.25, 0.3) is 33.9 Å². The fourth-order valence-corrected chi connectivity index (χ4v) is 5.16. The molecule has 6 rings (SSSR count). The van der Waals surface area contributed by atoms with E-state index in [9.17, 15) is 9.59 Å². The number of carbonyl (C=O) groups excluding carboxylic acids is 1. The minimum absolute atomic E-state index is 0.209. The third-order valence-corrected chi connectivity index (χ3v) is 7.30. The average Bonchev–Trinajstić information content (AvgIpc) is 3.74. The Labute approximate surface area is 264 Å². The molecule has 0 unspecified atom stereocenters. The van der Waals surface area contributed by atoms with Gasteiger partial charge in [0.15, 0.2) is 5.82 Å². The van der Waals surface area contributed by atoms with Crippen molar-refractivity contribution in [1.29, 1.82) is 0 Å². The van der Waals surface area contributed by atoms with Crippen molar-refractivity contribution in [2.24, 2.45) is 0 Å². The highest BCUT2D eigenvalue weighted by Crippen LogP contribution is 2.31. The monoisotopic (exact) mass is 643 g/mol. The van der Waals surface area contributed by atoms with Crippen LogP contribution in [0.2, 0.25) is 10.2 Å². The number of anilines is 1. The number of nitrogens with two attached hydrogens (primary N) is 1. The third-order valence-electron chi connectivity index (χ3n) is 6.79. The van der Waals surface area contributed by atoms with E-state index in [4.69, 9.17) is 39.0 Å². The highest BCUT2D eigenvalue weighted by Gasteiger charge is 2.21. The van der Waals surface area contributed by atoms with Crippen LogP contribution in [0.1, 0.15) is 23.0 Å². The Kier molecular flexibility index (Phi) is 8.18. The van der Waals surface area contributed by atoms with Crippen LogP contribution >= 0.6 is 23.2 Å². The van der Waals surface area contributed by atoms with Gasteiger partial charge in [-0.15, -0.1) is 0 Å². The van der Waals surface area contributed by atoms with Crippen LogP contribution < -0.4 is 15.8 Å². The number of imidazole rings is 1. The lowest BCUT2D eigenvalue weighted by Crippen LogP contribution is -2.29. The summed E-state index contributed by atoms with van der Waals surface area (Å²) in [6.45, 7) is 0. The van der Waals surface area contributed by atoms with E-state index in [-0.39, 0.29) is 5.88 Å². The summed E-state index contributed by atoms with van der Waals surface area (Å²) in [7, 11) is 0. The number of rotatable bonds is 9. The summed E-state index contributed by atoms with van der Waals surface area (Å²) in [6, 6.07) is 19.5. The Morgan fingerprint density at radius 3 is 2.73 bits per heavy atom. The van der Waals surface area contributed by atoms with Gasteiger partial charge in [-0.1, -0.05) is 69.9 Å². The van der Waals surface area contributed by atoms with Crippen molar-refractivity contribution in [3.05, 3.63) is 106 Å². The lowest BCUT2D eigenvalue weighted by atomic mass is 10.1. The Morgan fingerprint density at radius 2 is 1.93 bits per heavy atom. The number of halogens is 2.